The van der Waals surface area contributed by atoms with Gasteiger partial charge >= 0.3 is 176 Å². The van der Waals surface area contributed by atoms with Crippen LogP contribution in [0.4, 0.5) is 0 Å². The molecule has 0 unspecified atom stereocenters. The summed E-state index contributed by atoms with van der Waals surface area (Å²) in [5.41, 5.74) is 12.0. The first-order chi connectivity index (χ1) is 14.1. The van der Waals surface area contributed by atoms with Crippen molar-refractivity contribution in [3.8, 4) is 22.3 Å². The van der Waals surface area contributed by atoms with Crippen molar-refractivity contribution in [2.75, 3.05) is 0 Å². The molecule has 1 heteroatoms. The zero-order chi connectivity index (χ0) is 19.6. The Morgan fingerprint density at radius 3 is 1.38 bits per heavy atom. The number of hydrogen-bond acceptors (Lipinski definition) is 0. The van der Waals surface area contributed by atoms with Crippen molar-refractivity contribution < 1.29 is 0 Å². The Kier molecular flexibility index (Phi) is 3.70. The fourth-order valence-corrected chi connectivity index (χ4v) is 12.2. The third-order valence-electron chi connectivity index (χ3n) is 6.98. The Hall–Kier alpha value is -2.58. The molecule has 0 atom stereocenters. The van der Waals surface area contributed by atoms with Crippen molar-refractivity contribution in [1.82, 2.24) is 0 Å². The second-order valence-corrected chi connectivity index (χ2v) is 18.1. The van der Waals surface area contributed by atoms with Gasteiger partial charge in [-0.1, -0.05) is 0 Å². The van der Waals surface area contributed by atoms with E-state index in [4.69, 9.17) is 0 Å². The predicted octanol–water partition coefficient (Wildman–Crippen LogP) is 5.65. The van der Waals surface area contributed by atoms with Crippen LogP contribution < -0.4 is 8.79 Å². The van der Waals surface area contributed by atoms with E-state index < -0.39 is 13.3 Å². The molecule has 0 aromatic heterocycles. The van der Waals surface area contributed by atoms with Crippen molar-refractivity contribution in [3.05, 3.63) is 107 Å². The molecule has 0 N–H and O–H groups in total. The van der Waals surface area contributed by atoms with Gasteiger partial charge in [0.15, 0.2) is 0 Å². The molecule has 0 spiro atoms. The van der Waals surface area contributed by atoms with E-state index in [0.717, 1.165) is 12.8 Å². The van der Waals surface area contributed by atoms with E-state index in [1.54, 1.807) is 8.79 Å². The molecule has 6 rings (SSSR count). The SMILES string of the molecule is [CH3][Ge]([CH3])([c]1cccc2c1-c1ccccc1C2)[c]1cccc2c1-c1ccccc1C2. The van der Waals surface area contributed by atoms with E-state index in [9.17, 15) is 0 Å². The Morgan fingerprint density at radius 2 is 0.897 bits per heavy atom. The molecule has 0 saturated carbocycles. The molecule has 29 heavy (non-hydrogen) atoms. The van der Waals surface area contributed by atoms with Crippen LogP contribution in [0.3, 0.4) is 0 Å². The molecule has 0 heterocycles. The third kappa shape index (κ3) is 2.45. The van der Waals surface area contributed by atoms with Gasteiger partial charge in [0.05, 0.1) is 0 Å². The Balaban J connectivity index is 1.60. The molecule has 0 saturated heterocycles. The standard InChI is InChI=1S/C28H24Ge/c1-29(2,25-15-7-11-21-17-19-9-3-5-13-23(19)27(21)25)26-16-8-12-22-18-20-10-4-6-14-24(20)28(22)26/h3-16H,17-18H2,1-2H3. The quantitative estimate of drug-likeness (QED) is 0.310. The van der Waals surface area contributed by atoms with Crippen LogP contribution in [0.2, 0.25) is 11.5 Å². The Bertz CT molecular complexity index is 1180. The van der Waals surface area contributed by atoms with Crippen molar-refractivity contribution in [1.29, 1.82) is 0 Å². The van der Waals surface area contributed by atoms with Crippen LogP contribution in [-0.4, -0.2) is 13.3 Å². The molecular weight excluding hydrogens is 409 g/mol. The average Bonchev–Trinajstić information content (AvgIpc) is 3.31. The molecule has 4 aromatic rings. The van der Waals surface area contributed by atoms with Gasteiger partial charge in [0.25, 0.3) is 0 Å². The number of fused-ring (bicyclic) bond motifs is 6. The van der Waals surface area contributed by atoms with E-state index in [2.05, 4.69) is 96.4 Å². The van der Waals surface area contributed by atoms with E-state index in [0.29, 0.717) is 0 Å². The van der Waals surface area contributed by atoms with E-state index in [-0.39, 0.29) is 0 Å². The monoisotopic (exact) mass is 434 g/mol. The molecule has 0 aliphatic heterocycles. The van der Waals surface area contributed by atoms with Crippen molar-refractivity contribution in [2.24, 2.45) is 0 Å². The summed E-state index contributed by atoms with van der Waals surface area (Å²) in [7, 11) is 0. The van der Waals surface area contributed by atoms with Gasteiger partial charge in [-0.3, -0.25) is 0 Å². The number of rotatable bonds is 2. The van der Waals surface area contributed by atoms with Gasteiger partial charge in [0.2, 0.25) is 0 Å². The van der Waals surface area contributed by atoms with Gasteiger partial charge in [-0.2, -0.15) is 0 Å². The summed E-state index contributed by atoms with van der Waals surface area (Å²) in [4.78, 5) is 0. The van der Waals surface area contributed by atoms with Crippen LogP contribution in [0.15, 0.2) is 84.9 Å². The van der Waals surface area contributed by atoms with E-state index >= 15 is 0 Å². The topological polar surface area (TPSA) is 0 Å². The maximum absolute atomic E-state index is 2.59. The third-order valence-corrected chi connectivity index (χ3v) is 14.4. The predicted molar refractivity (Wildman–Crippen MR) is 126 cm³/mol. The van der Waals surface area contributed by atoms with Crippen molar-refractivity contribution >= 4 is 22.1 Å². The number of hydrogen-bond donors (Lipinski definition) is 0. The second kappa shape index (κ2) is 6.21. The second-order valence-electron chi connectivity index (χ2n) is 8.97. The zero-order valence-corrected chi connectivity index (χ0v) is 19.1. The summed E-state index contributed by atoms with van der Waals surface area (Å²) in [5, 5.41) is 0. The molecule has 0 radical (unpaired) electrons. The first-order valence-corrected chi connectivity index (χ1v) is 16.9. The molecule has 0 fully saturated rings. The Morgan fingerprint density at radius 1 is 0.483 bits per heavy atom. The van der Waals surface area contributed by atoms with Gasteiger partial charge < -0.3 is 0 Å². The van der Waals surface area contributed by atoms with Crippen molar-refractivity contribution in [3.63, 3.8) is 0 Å². The summed E-state index contributed by atoms with van der Waals surface area (Å²) in [6.45, 7) is 0. The first-order valence-electron chi connectivity index (χ1n) is 10.6. The minimum atomic E-state index is -2.55. The minimum absolute atomic E-state index is 1.08. The average molecular weight is 433 g/mol. The summed E-state index contributed by atoms with van der Waals surface area (Å²) < 4.78 is 3.26. The molecule has 2 aliphatic carbocycles. The van der Waals surface area contributed by atoms with Gasteiger partial charge in [-0.25, -0.2) is 0 Å². The van der Waals surface area contributed by atoms with Gasteiger partial charge in [0.1, 0.15) is 0 Å². The van der Waals surface area contributed by atoms with Crippen LogP contribution in [-0.2, 0) is 12.8 Å². The normalized spacial score (nSPS) is 13.6. The number of benzene rings is 4. The van der Waals surface area contributed by atoms with Crippen LogP contribution in [0, 0.1) is 0 Å². The maximum atomic E-state index is 2.59. The molecule has 0 nitrogen and oxygen atoms in total. The Labute approximate surface area is 175 Å². The van der Waals surface area contributed by atoms with Crippen LogP contribution in [0.1, 0.15) is 22.3 Å². The van der Waals surface area contributed by atoms with Gasteiger partial charge in [0, 0.05) is 0 Å². The van der Waals surface area contributed by atoms with E-state index in [1.165, 1.54) is 44.5 Å². The molecule has 4 aromatic carbocycles. The summed E-state index contributed by atoms with van der Waals surface area (Å²) in [5.74, 6) is 5.18. The molecular formula is C28H24Ge. The zero-order valence-electron chi connectivity index (χ0n) is 17.0. The summed E-state index contributed by atoms with van der Waals surface area (Å²) in [6, 6.07) is 32.1. The molecule has 140 valence electrons. The van der Waals surface area contributed by atoms with Crippen LogP contribution >= 0.6 is 0 Å². The van der Waals surface area contributed by atoms with Crippen LogP contribution in [0.5, 0.6) is 0 Å². The van der Waals surface area contributed by atoms with Crippen molar-refractivity contribution in [2.45, 2.75) is 24.4 Å². The van der Waals surface area contributed by atoms with E-state index in [1.807, 2.05) is 0 Å². The molecule has 0 amide bonds. The summed E-state index contributed by atoms with van der Waals surface area (Å²) in [6.07, 6.45) is 2.15. The fraction of sp³-hybridized carbons (Fsp3) is 0.143. The van der Waals surface area contributed by atoms with Gasteiger partial charge in [-0.05, 0) is 0 Å². The van der Waals surface area contributed by atoms with Crippen LogP contribution in [0.25, 0.3) is 22.3 Å². The van der Waals surface area contributed by atoms with Gasteiger partial charge in [-0.15, -0.1) is 0 Å². The first kappa shape index (κ1) is 17.3. The fourth-order valence-electron chi connectivity index (χ4n) is 5.56. The molecule has 0 bridgehead atoms. The summed E-state index contributed by atoms with van der Waals surface area (Å²) >= 11 is -2.55. The molecule has 2 aliphatic rings.